The summed E-state index contributed by atoms with van der Waals surface area (Å²) in [4.78, 5) is 0. The van der Waals surface area contributed by atoms with Gasteiger partial charge in [-0.25, -0.2) is 0 Å². The van der Waals surface area contributed by atoms with Crippen molar-refractivity contribution in [2.45, 2.75) is 42.9 Å². The van der Waals surface area contributed by atoms with Gasteiger partial charge in [-0.1, -0.05) is 43.2 Å². The molecule has 124 valence electrons. The highest BCUT2D eigenvalue weighted by molar-refractivity contribution is 7.99. The molecule has 3 rings (SSSR count). The lowest BCUT2D eigenvalue weighted by Crippen LogP contribution is -2.34. The maximum absolute atomic E-state index is 10.6. The highest BCUT2D eigenvalue weighted by Gasteiger charge is 2.30. The van der Waals surface area contributed by atoms with E-state index >= 15 is 0 Å². The summed E-state index contributed by atoms with van der Waals surface area (Å²) in [5.74, 6) is 2.23. The Morgan fingerprint density at radius 3 is 2.70 bits per heavy atom. The SMILES string of the molecule is COc1ccccc1-c1nnc(SCC2(O)CCCCC2)n1C. The third kappa shape index (κ3) is 3.53. The predicted molar refractivity (Wildman–Crippen MR) is 91.7 cm³/mol. The van der Waals surface area contributed by atoms with Crippen LogP contribution in [0.15, 0.2) is 29.4 Å². The molecule has 0 saturated heterocycles. The Labute approximate surface area is 141 Å². The Balaban J connectivity index is 1.77. The van der Waals surface area contributed by atoms with Gasteiger partial charge in [-0.2, -0.15) is 0 Å². The summed E-state index contributed by atoms with van der Waals surface area (Å²) in [5, 5.41) is 20.1. The topological polar surface area (TPSA) is 60.2 Å². The summed E-state index contributed by atoms with van der Waals surface area (Å²) < 4.78 is 7.37. The van der Waals surface area contributed by atoms with Gasteiger partial charge in [0.15, 0.2) is 11.0 Å². The van der Waals surface area contributed by atoms with Crippen molar-refractivity contribution in [3.8, 4) is 17.1 Å². The lowest BCUT2D eigenvalue weighted by atomic mass is 9.86. The maximum Gasteiger partial charge on any atom is 0.191 e. The van der Waals surface area contributed by atoms with E-state index in [1.807, 2.05) is 35.9 Å². The maximum atomic E-state index is 10.6. The number of hydrogen-bond donors (Lipinski definition) is 1. The van der Waals surface area contributed by atoms with Gasteiger partial charge in [0.2, 0.25) is 0 Å². The molecule has 1 aliphatic rings. The molecule has 1 saturated carbocycles. The number of hydrogen-bond acceptors (Lipinski definition) is 5. The van der Waals surface area contributed by atoms with Crippen molar-refractivity contribution in [3.63, 3.8) is 0 Å². The monoisotopic (exact) mass is 333 g/mol. The van der Waals surface area contributed by atoms with Crippen molar-refractivity contribution >= 4 is 11.8 Å². The molecule has 1 fully saturated rings. The molecular formula is C17H23N3O2S. The molecule has 1 heterocycles. The molecule has 0 bridgehead atoms. The van der Waals surface area contributed by atoms with Crippen molar-refractivity contribution in [1.29, 1.82) is 0 Å². The van der Waals surface area contributed by atoms with Crippen LogP contribution in [0.1, 0.15) is 32.1 Å². The Bertz CT molecular complexity index is 666. The summed E-state index contributed by atoms with van der Waals surface area (Å²) in [5.41, 5.74) is 0.368. The average molecular weight is 333 g/mol. The molecule has 0 unspecified atom stereocenters. The Morgan fingerprint density at radius 1 is 1.22 bits per heavy atom. The first-order chi connectivity index (χ1) is 11.1. The van der Waals surface area contributed by atoms with E-state index in [0.29, 0.717) is 5.75 Å². The van der Waals surface area contributed by atoms with Crippen LogP contribution in [0.4, 0.5) is 0 Å². The lowest BCUT2D eigenvalue weighted by molar-refractivity contribution is 0.0272. The minimum Gasteiger partial charge on any atom is -0.496 e. The number of methoxy groups -OCH3 is 1. The standard InChI is InChI=1S/C17H23N3O2S/c1-20-15(13-8-4-5-9-14(13)22-2)18-19-16(20)23-12-17(21)10-6-3-7-11-17/h4-5,8-9,21H,3,6-7,10-12H2,1-2H3. The van der Waals surface area contributed by atoms with Crippen molar-refractivity contribution in [3.05, 3.63) is 24.3 Å². The van der Waals surface area contributed by atoms with Crippen LogP contribution in [0.25, 0.3) is 11.4 Å². The smallest absolute Gasteiger partial charge is 0.191 e. The molecule has 0 amide bonds. The van der Waals surface area contributed by atoms with Crippen LogP contribution < -0.4 is 4.74 Å². The van der Waals surface area contributed by atoms with Crippen molar-refractivity contribution < 1.29 is 9.84 Å². The van der Waals surface area contributed by atoms with Gasteiger partial charge in [-0.05, 0) is 25.0 Å². The molecular weight excluding hydrogens is 310 g/mol. The molecule has 1 aromatic carbocycles. The molecule has 5 nitrogen and oxygen atoms in total. The highest BCUT2D eigenvalue weighted by Crippen LogP contribution is 2.34. The van der Waals surface area contributed by atoms with Crippen LogP contribution >= 0.6 is 11.8 Å². The summed E-state index contributed by atoms with van der Waals surface area (Å²) in [6, 6.07) is 7.80. The van der Waals surface area contributed by atoms with Gasteiger partial charge in [0.1, 0.15) is 5.75 Å². The molecule has 0 radical (unpaired) electrons. The second-order valence-electron chi connectivity index (χ2n) is 6.14. The Morgan fingerprint density at radius 2 is 1.96 bits per heavy atom. The second kappa shape index (κ2) is 6.93. The van der Waals surface area contributed by atoms with E-state index in [1.165, 1.54) is 6.42 Å². The van der Waals surface area contributed by atoms with E-state index < -0.39 is 5.60 Å². The fraction of sp³-hybridized carbons (Fsp3) is 0.529. The number of nitrogens with zero attached hydrogens (tertiary/aromatic N) is 3. The van der Waals surface area contributed by atoms with Crippen molar-refractivity contribution in [1.82, 2.24) is 14.8 Å². The number of para-hydroxylation sites is 1. The normalized spacial score (nSPS) is 17.2. The molecule has 23 heavy (non-hydrogen) atoms. The van der Waals surface area contributed by atoms with Gasteiger partial charge >= 0.3 is 0 Å². The van der Waals surface area contributed by atoms with Crippen molar-refractivity contribution in [2.75, 3.05) is 12.9 Å². The molecule has 0 spiro atoms. The zero-order valence-corrected chi connectivity index (χ0v) is 14.5. The number of thioether (sulfide) groups is 1. The Kier molecular flexibility index (Phi) is 4.92. The van der Waals surface area contributed by atoms with Gasteiger partial charge in [-0.15, -0.1) is 10.2 Å². The fourth-order valence-corrected chi connectivity index (χ4v) is 4.12. The van der Waals surface area contributed by atoms with Crippen molar-refractivity contribution in [2.24, 2.45) is 7.05 Å². The molecule has 0 aliphatic heterocycles. The van der Waals surface area contributed by atoms with Crippen LogP contribution in [0.5, 0.6) is 5.75 Å². The second-order valence-corrected chi connectivity index (χ2v) is 7.08. The fourth-order valence-electron chi connectivity index (χ4n) is 3.06. The third-order valence-electron chi connectivity index (χ3n) is 4.44. The van der Waals surface area contributed by atoms with E-state index in [4.69, 9.17) is 4.74 Å². The molecule has 1 aliphatic carbocycles. The predicted octanol–water partition coefficient (Wildman–Crippen LogP) is 3.28. The molecule has 1 N–H and O–H groups in total. The number of benzene rings is 1. The van der Waals surface area contributed by atoms with E-state index in [9.17, 15) is 5.11 Å². The third-order valence-corrected chi connectivity index (χ3v) is 5.73. The quantitative estimate of drug-likeness (QED) is 0.851. The Hall–Kier alpha value is -1.53. The van der Waals surface area contributed by atoms with E-state index in [1.54, 1.807) is 18.9 Å². The minimum atomic E-state index is -0.556. The first-order valence-corrected chi connectivity index (χ1v) is 8.99. The zero-order chi connectivity index (χ0) is 16.3. The van der Waals surface area contributed by atoms with Gasteiger partial charge in [0, 0.05) is 12.8 Å². The number of aliphatic hydroxyl groups is 1. The van der Waals surface area contributed by atoms with E-state index in [2.05, 4.69) is 10.2 Å². The van der Waals surface area contributed by atoms with Gasteiger partial charge < -0.3 is 14.4 Å². The summed E-state index contributed by atoms with van der Waals surface area (Å²) in [6.45, 7) is 0. The highest BCUT2D eigenvalue weighted by atomic mass is 32.2. The van der Waals surface area contributed by atoms with Gasteiger partial charge in [0.05, 0.1) is 18.3 Å². The number of aromatic nitrogens is 3. The first-order valence-electron chi connectivity index (χ1n) is 8.01. The zero-order valence-electron chi connectivity index (χ0n) is 13.7. The largest absolute Gasteiger partial charge is 0.496 e. The van der Waals surface area contributed by atoms with Gasteiger partial charge in [-0.3, -0.25) is 0 Å². The van der Waals surface area contributed by atoms with Crippen LogP contribution in [-0.4, -0.2) is 38.3 Å². The molecule has 2 aromatic rings. The first kappa shape index (κ1) is 16.3. The van der Waals surface area contributed by atoms with Crippen LogP contribution in [0, 0.1) is 0 Å². The minimum absolute atomic E-state index is 0.556. The number of rotatable bonds is 5. The van der Waals surface area contributed by atoms with E-state index in [0.717, 1.165) is 48.0 Å². The lowest BCUT2D eigenvalue weighted by Gasteiger charge is -2.31. The summed E-state index contributed by atoms with van der Waals surface area (Å²) >= 11 is 1.58. The van der Waals surface area contributed by atoms with Crippen LogP contribution in [0.2, 0.25) is 0 Å². The summed E-state index contributed by atoms with van der Waals surface area (Å²) in [6.07, 6.45) is 5.23. The van der Waals surface area contributed by atoms with Crippen LogP contribution in [0.3, 0.4) is 0 Å². The summed E-state index contributed by atoms with van der Waals surface area (Å²) in [7, 11) is 3.61. The molecule has 1 aromatic heterocycles. The molecule has 0 atom stereocenters. The van der Waals surface area contributed by atoms with Gasteiger partial charge in [0.25, 0.3) is 0 Å². The van der Waals surface area contributed by atoms with E-state index in [-0.39, 0.29) is 0 Å². The van der Waals surface area contributed by atoms with Crippen LogP contribution in [-0.2, 0) is 7.05 Å². The average Bonchev–Trinajstić information content (AvgIpc) is 2.94. The molecule has 6 heteroatoms. The number of ether oxygens (including phenoxy) is 1.